The third-order valence-electron chi connectivity index (χ3n) is 2.63. The number of hydrogen-bond acceptors (Lipinski definition) is 3. The van der Waals surface area contributed by atoms with Crippen LogP contribution < -0.4 is 4.74 Å². The SMILES string of the molecule is COc1ccc(/C=C/S(=O)(=O)c2ccccc2)cc1. The molecule has 0 atom stereocenters. The molecule has 0 radical (unpaired) electrons. The first-order chi connectivity index (χ1) is 9.12. The summed E-state index contributed by atoms with van der Waals surface area (Å²) in [6.45, 7) is 0. The minimum Gasteiger partial charge on any atom is -0.497 e. The van der Waals surface area contributed by atoms with Gasteiger partial charge in [0.25, 0.3) is 0 Å². The van der Waals surface area contributed by atoms with Crippen molar-refractivity contribution in [2.75, 3.05) is 7.11 Å². The Labute approximate surface area is 113 Å². The molecule has 2 aromatic rings. The fourth-order valence-electron chi connectivity index (χ4n) is 1.57. The van der Waals surface area contributed by atoms with Gasteiger partial charge in [-0.25, -0.2) is 8.42 Å². The van der Waals surface area contributed by atoms with Crippen molar-refractivity contribution < 1.29 is 13.2 Å². The lowest BCUT2D eigenvalue weighted by atomic mass is 10.2. The maximum absolute atomic E-state index is 12.0. The normalized spacial score (nSPS) is 11.6. The summed E-state index contributed by atoms with van der Waals surface area (Å²) in [5.41, 5.74) is 0.806. The highest BCUT2D eigenvalue weighted by atomic mass is 32.2. The molecule has 0 fully saturated rings. The molecule has 0 N–H and O–H groups in total. The molecule has 0 saturated heterocycles. The Balaban J connectivity index is 2.22. The van der Waals surface area contributed by atoms with Gasteiger partial charge in [0, 0.05) is 5.41 Å². The summed E-state index contributed by atoms with van der Waals surface area (Å²) >= 11 is 0. The van der Waals surface area contributed by atoms with Crippen molar-refractivity contribution in [3.05, 3.63) is 65.6 Å². The van der Waals surface area contributed by atoms with Gasteiger partial charge in [0.2, 0.25) is 0 Å². The minimum absolute atomic E-state index is 0.291. The summed E-state index contributed by atoms with van der Waals surface area (Å²) in [6, 6.07) is 15.5. The topological polar surface area (TPSA) is 43.4 Å². The summed E-state index contributed by atoms with van der Waals surface area (Å²) in [6.07, 6.45) is 1.57. The van der Waals surface area contributed by atoms with Crippen LogP contribution in [0.2, 0.25) is 0 Å². The van der Waals surface area contributed by atoms with E-state index in [4.69, 9.17) is 4.74 Å². The monoisotopic (exact) mass is 274 g/mol. The van der Waals surface area contributed by atoms with E-state index in [1.54, 1.807) is 67.8 Å². The van der Waals surface area contributed by atoms with E-state index < -0.39 is 9.84 Å². The first kappa shape index (κ1) is 13.4. The molecular formula is C15H14O3S. The van der Waals surface area contributed by atoms with Gasteiger partial charge in [-0.05, 0) is 35.9 Å². The van der Waals surface area contributed by atoms with Crippen LogP contribution in [0.1, 0.15) is 5.56 Å². The zero-order valence-electron chi connectivity index (χ0n) is 10.5. The second-order valence-corrected chi connectivity index (χ2v) is 5.77. The molecule has 3 nitrogen and oxygen atoms in total. The number of ether oxygens (including phenoxy) is 1. The number of benzene rings is 2. The molecule has 0 saturated carbocycles. The Hall–Kier alpha value is -2.07. The third-order valence-corrected chi connectivity index (χ3v) is 4.05. The van der Waals surface area contributed by atoms with Gasteiger partial charge >= 0.3 is 0 Å². The highest BCUT2D eigenvalue weighted by Gasteiger charge is 2.08. The molecule has 0 heterocycles. The van der Waals surface area contributed by atoms with Crippen molar-refractivity contribution in [3.63, 3.8) is 0 Å². The van der Waals surface area contributed by atoms with Crippen LogP contribution in [0.3, 0.4) is 0 Å². The number of sulfone groups is 1. The summed E-state index contributed by atoms with van der Waals surface area (Å²) < 4.78 is 29.1. The molecule has 98 valence electrons. The summed E-state index contributed by atoms with van der Waals surface area (Å²) in [7, 11) is -1.80. The van der Waals surface area contributed by atoms with Crippen molar-refractivity contribution in [3.8, 4) is 5.75 Å². The van der Waals surface area contributed by atoms with Gasteiger partial charge in [-0.3, -0.25) is 0 Å². The maximum atomic E-state index is 12.0. The third kappa shape index (κ3) is 3.45. The highest BCUT2D eigenvalue weighted by molar-refractivity contribution is 7.94. The lowest BCUT2D eigenvalue weighted by Gasteiger charge is -2.00. The average Bonchev–Trinajstić information content (AvgIpc) is 2.47. The standard InChI is InChI=1S/C15H14O3S/c1-18-14-9-7-13(8-10-14)11-12-19(16,17)15-5-3-2-4-6-15/h2-12H,1H3/b12-11+. The smallest absolute Gasteiger partial charge is 0.199 e. The van der Waals surface area contributed by atoms with E-state index in [0.717, 1.165) is 11.3 Å². The molecule has 0 amide bonds. The maximum Gasteiger partial charge on any atom is 0.199 e. The second-order valence-electron chi connectivity index (χ2n) is 3.93. The van der Waals surface area contributed by atoms with Gasteiger partial charge in [0.1, 0.15) is 5.75 Å². The van der Waals surface area contributed by atoms with Crippen LogP contribution >= 0.6 is 0 Å². The second kappa shape index (κ2) is 5.71. The molecule has 19 heavy (non-hydrogen) atoms. The first-order valence-corrected chi connectivity index (χ1v) is 7.29. The summed E-state index contributed by atoms with van der Waals surface area (Å²) in [4.78, 5) is 0.291. The van der Waals surface area contributed by atoms with Gasteiger partial charge in [0.15, 0.2) is 9.84 Å². The zero-order valence-corrected chi connectivity index (χ0v) is 11.3. The zero-order chi connectivity index (χ0) is 13.7. The average molecular weight is 274 g/mol. The van der Waals surface area contributed by atoms with E-state index in [9.17, 15) is 8.42 Å². The van der Waals surface area contributed by atoms with E-state index in [1.807, 2.05) is 0 Å². The number of rotatable bonds is 4. The molecule has 0 unspecified atom stereocenters. The predicted molar refractivity (Wildman–Crippen MR) is 75.7 cm³/mol. The van der Waals surface area contributed by atoms with Crippen LogP contribution in [0.4, 0.5) is 0 Å². The Kier molecular flexibility index (Phi) is 4.02. The predicted octanol–water partition coefficient (Wildman–Crippen LogP) is 3.14. The van der Waals surface area contributed by atoms with Crippen LogP contribution in [0, 0.1) is 0 Å². The highest BCUT2D eigenvalue weighted by Crippen LogP contribution is 2.15. The van der Waals surface area contributed by atoms with E-state index in [2.05, 4.69) is 0 Å². The Morgan fingerprint density at radius 2 is 1.58 bits per heavy atom. The quantitative estimate of drug-likeness (QED) is 0.860. The van der Waals surface area contributed by atoms with Gasteiger partial charge in [-0.15, -0.1) is 0 Å². The van der Waals surface area contributed by atoms with Crippen molar-refractivity contribution in [2.24, 2.45) is 0 Å². The Morgan fingerprint density at radius 1 is 0.947 bits per heavy atom. The summed E-state index contributed by atoms with van der Waals surface area (Å²) in [5.74, 6) is 0.739. The summed E-state index contributed by atoms with van der Waals surface area (Å²) in [5, 5.41) is 1.21. The number of hydrogen-bond donors (Lipinski definition) is 0. The van der Waals surface area contributed by atoms with E-state index in [-0.39, 0.29) is 0 Å². The van der Waals surface area contributed by atoms with Crippen LogP contribution in [0.15, 0.2) is 64.9 Å². The van der Waals surface area contributed by atoms with Crippen molar-refractivity contribution in [1.29, 1.82) is 0 Å². The Bertz CT molecular complexity index is 656. The molecular weight excluding hydrogens is 260 g/mol. The molecule has 0 aromatic heterocycles. The number of methoxy groups -OCH3 is 1. The van der Waals surface area contributed by atoms with Gasteiger partial charge in [0.05, 0.1) is 12.0 Å². The minimum atomic E-state index is -3.39. The molecule has 0 aliphatic rings. The molecule has 4 heteroatoms. The van der Waals surface area contributed by atoms with Crippen LogP contribution in [-0.2, 0) is 9.84 Å². The van der Waals surface area contributed by atoms with E-state index in [0.29, 0.717) is 4.90 Å². The van der Waals surface area contributed by atoms with E-state index >= 15 is 0 Å². The van der Waals surface area contributed by atoms with Gasteiger partial charge in [-0.2, -0.15) is 0 Å². The van der Waals surface area contributed by atoms with Crippen molar-refractivity contribution in [2.45, 2.75) is 4.90 Å². The van der Waals surface area contributed by atoms with Crippen molar-refractivity contribution >= 4 is 15.9 Å². The largest absolute Gasteiger partial charge is 0.497 e. The molecule has 0 spiro atoms. The molecule has 2 rings (SSSR count). The van der Waals surface area contributed by atoms with Crippen LogP contribution in [0.25, 0.3) is 6.08 Å². The lowest BCUT2D eigenvalue weighted by molar-refractivity contribution is 0.415. The van der Waals surface area contributed by atoms with Crippen LogP contribution in [-0.4, -0.2) is 15.5 Å². The molecule has 0 bridgehead atoms. The van der Waals surface area contributed by atoms with Crippen LogP contribution in [0.5, 0.6) is 5.75 Å². The lowest BCUT2D eigenvalue weighted by Crippen LogP contribution is -1.95. The molecule has 0 aliphatic heterocycles. The van der Waals surface area contributed by atoms with Gasteiger partial charge in [-0.1, -0.05) is 30.3 Å². The molecule has 0 aliphatic carbocycles. The van der Waals surface area contributed by atoms with E-state index in [1.165, 1.54) is 5.41 Å². The Morgan fingerprint density at radius 3 is 2.16 bits per heavy atom. The fraction of sp³-hybridized carbons (Fsp3) is 0.0667. The first-order valence-electron chi connectivity index (χ1n) is 5.74. The fourth-order valence-corrected chi connectivity index (χ4v) is 2.60. The molecule has 2 aromatic carbocycles. The van der Waals surface area contributed by atoms with Gasteiger partial charge < -0.3 is 4.74 Å². The van der Waals surface area contributed by atoms with Crippen molar-refractivity contribution in [1.82, 2.24) is 0 Å².